The minimum absolute atomic E-state index is 0.304. The van der Waals surface area contributed by atoms with Crippen LogP contribution in [0.15, 0.2) is 48.5 Å². The number of methoxy groups -OCH3 is 2. The fourth-order valence-electron chi connectivity index (χ4n) is 2.07. The van der Waals surface area contributed by atoms with Gasteiger partial charge in [0, 0.05) is 29.4 Å². The third-order valence-electron chi connectivity index (χ3n) is 3.40. The Balaban J connectivity index is 2.02. The summed E-state index contributed by atoms with van der Waals surface area (Å²) in [5.74, 6) is 0.479. The topological polar surface area (TPSA) is 76.7 Å². The number of carbonyl (C=O) groups is 2. The van der Waals surface area contributed by atoms with Gasteiger partial charge < -0.3 is 20.1 Å². The highest BCUT2D eigenvalue weighted by Crippen LogP contribution is 2.25. The van der Waals surface area contributed by atoms with Gasteiger partial charge in [0.05, 0.1) is 14.2 Å². The Morgan fingerprint density at radius 1 is 0.958 bits per heavy atom. The molecule has 0 aromatic heterocycles. The van der Waals surface area contributed by atoms with Crippen LogP contribution in [-0.2, 0) is 4.79 Å². The third kappa shape index (κ3) is 4.49. The minimum Gasteiger partial charge on any atom is -0.497 e. The summed E-state index contributed by atoms with van der Waals surface area (Å²) in [6, 6.07) is 13.1. The van der Waals surface area contributed by atoms with Crippen molar-refractivity contribution in [2.24, 2.45) is 0 Å². The van der Waals surface area contributed by atoms with E-state index in [0.717, 1.165) is 0 Å². The molecule has 0 radical (unpaired) electrons. The molecular formula is C18H20N2O4. The highest BCUT2D eigenvalue weighted by Gasteiger charge is 2.17. The minimum atomic E-state index is -0.699. The zero-order valence-electron chi connectivity index (χ0n) is 13.8. The largest absolute Gasteiger partial charge is 0.497 e. The number of amides is 2. The quantitative estimate of drug-likeness (QED) is 0.854. The van der Waals surface area contributed by atoms with Crippen molar-refractivity contribution >= 4 is 17.5 Å². The molecule has 6 nitrogen and oxygen atoms in total. The maximum Gasteiger partial charge on any atom is 0.251 e. The lowest BCUT2D eigenvalue weighted by Crippen LogP contribution is -2.41. The molecule has 0 fully saturated rings. The maximum absolute atomic E-state index is 12.3. The predicted octanol–water partition coefficient (Wildman–Crippen LogP) is 2.46. The second-order valence-corrected chi connectivity index (χ2v) is 5.15. The van der Waals surface area contributed by atoms with Crippen molar-refractivity contribution in [3.8, 4) is 11.5 Å². The van der Waals surface area contributed by atoms with Gasteiger partial charge in [0.1, 0.15) is 17.5 Å². The van der Waals surface area contributed by atoms with Crippen molar-refractivity contribution in [1.82, 2.24) is 5.32 Å². The van der Waals surface area contributed by atoms with Gasteiger partial charge in [0.15, 0.2) is 0 Å². The van der Waals surface area contributed by atoms with E-state index in [2.05, 4.69) is 10.6 Å². The zero-order valence-corrected chi connectivity index (χ0v) is 13.8. The molecule has 0 spiro atoms. The lowest BCUT2D eigenvalue weighted by atomic mass is 10.2. The van der Waals surface area contributed by atoms with Gasteiger partial charge >= 0.3 is 0 Å². The standard InChI is InChI=1S/C18H20N2O4/c1-12(19-18(22)13-7-5-4-6-8-13)17(21)20-14-9-15(23-2)11-16(10-14)24-3/h4-12H,1-3H3,(H,19,22)(H,20,21). The van der Waals surface area contributed by atoms with Gasteiger partial charge in [-0.3, -0.25) is 9.59 Å². The summed E-state index contributed by atoms with van der Waals surface area (Å²) in [5, 5.41) is 5.39. The highest BCUT2D eigenvalue weighted by atomic mass is 16.5. The summed E-state index contributed by atoms with van der Waals surface area (Å²) in [6.45, 7) is 1.62. The van der Waals surface area contributed by atoms with Gasteiger partial charge in [-0.25, -0.2) is 0 Å². The molecule has 1 atom stereocenters. The summed E-state index contributed by atoms with van der Waals surface area (Å²) < 4.78 is 10.3. The number of benzene rings is 2. The van der Waals surface area contributed by atoms with Crippen molar-refractivity contribution in [3.63, 3.8) is 0 Å². The Kier molecular flexibility index (Phi) is 5.78. The molecule has 24 heavy (non-hydrogen) atoms. The zero-order chi connectivity index (χ0) is 17.5. The summed E-state index contributed by atoms with van der Waals surface area (Å²) in [5.41, 5.74) is 1.03. The van der Waals surface area contributed by atoms with E-state index in [0.29, 0.717) is 22.7 Å². The number of rotatable bonds is 6. The fourth-order valence-corrected chi connectivity index (χ4v) is 2.07. The lowest BCUT2D eigenvalue weighted by Gasteiger charge is -2.15. The van der Waals surface area contributed by atoms with Crippen molar-refractivity contribution in [3.05, 3.63) is 54.1 Å². The van der Waals surface area contributed by atoms with Crippen molar-refractivity contribution in [2.45, 2.75) is 13.0 Å². The second-order valence-electron chi connectivity index (χ2n) is 5.15. The molecule has 0 heterocycles. The Bertz CT molecular complexity index is 694. The predicted molar refractivity (Wildman–Crippen MR) is 91.5 cm³/mol. The number of anilines is 1. The Morgan fingerprint density at radius 3 is 2.08 bits per heavy atom. The maximum atomic E-state index is 12.3. The van der Waals surface area contributed by atoms with E-state index in [-0.39, 0.29) is 11.8 Å². The number of carbonyl (C=O) groups excluding carboxylic acids is 2. The Morgan fingerprint density at radius 2 is 1.54 bits per heavy atom. The number of ether oxygens (including phenoxy) is 2. The summed E-state index contributed by atoms with van der Waals surface area (Å²) in [7, 11) is 3.06. The Hall–Kier alpha value is -3.02. The van der Waals surface area contributed by atoms with E-state index in [1.165, 1.54) is 14.2 Å². The van der Waals surface area contributed by atoms with E-state index in [4.69, 9.17) is 9.47 Å². The average Bonchev–Trinajstić information content (AvgIpc) is 2.61. The van der Waals surface area contributed by atoms with Gasteiger partial charge in [-0.05, 0) is 19.1 Å². The lowest BCUT2D eigenvalue weighted by molar-refractivity contribution is -0.117. The fraction of sp³-hybridized carbons (Fsp3) is 0.222. The number of hydrogen-bond donors (Lipinski definition) is 2. The SMILES string of the molecule is COc1cc(NC(=O)C(C)NC(=O)c2ccccc2)cc(OC)c1. The van der Waals surface area contributed by atoms with E-state index in [9.17, 15) is 9.59 Å². The molecule has 2 rings (SSSR count). The van der Waals surface area contributed by atoms with Crippen LogP contribution in [0.5, 0.6) is 11.5 Å². The van der Waals surface area contributed by atoms with E-state index in [1.54, 1.807) is 49.4 Å². The monoisotopic (exact) mass is 328 g/mol. The molecule has 2 aromatic carbocycles. The molecule has 0 aliphatic carbocycles. The molecule has 1 unspecified atom stereocenters. The molecule has 0 aliphatic heterocycles. The van der Waals surface area contributed by atoms with E-state index in [1.807, 2.05) is 6.07 Å². The number of hydrogen-bond acceptors (Lipinski definition) is 4. The van der Waals surface area contributed by atoms with E-state index >= 15 is 0 Å². The normalized spacial score (nSPS) is 11.3. The van der Waals surface area contributed by atoms with Crippen LogP contribution in [0.3, 0.4) is 0 Å². The molecule has 2 amide bonds. The molecule has 6 heteroatoms. The van der Waals surface area contributed by atoms with Gasteiger partial charge in [-0.15, -0.1) is 0 Å². The van der Waals surface area contributed by atoms with Gasteiger partial charge in [-0.2, -0.15) is 0 Å². The highest BCUT2D eigenvalue weighted by molar-refractivity contribution is 6.01. The van der Waals surface area contributed by atoms with Crippen LogP contribution in [0.2, 0.25) is 0 Å². The first kappa shape index (κ1) is 17.3. The van der Waals surface area contributed by atoms with Crippen LogP contribution < -0.4 is 20.1 Å². The molecular weight excluding hydrogens is 308 g/mol. The average molecular weight is 328 g/mol. The van der Waals surface area contributed by atoms with Crippen molar-refractivity contribution in [1.29, 1.82) is 0 Å². The van der Waals surface area contributed by atoms with Crippen LogP contribution in [0.25, 0.3) is 0 Å². The molecule has 0 saturated heterocycles. The van der Waals surface area contributed by atoms with Crippen molar-refractivity contribution in [2.75, 3.05) is 19.5 Å². The Labute approximate surface area is 140 Å². The summed E-state index contributed by atoms with van der Waals surface area (Å²) in [6.07, 6.45) is 0. The second kappa shape index (κ2) is 8.01. The molecule has 0 bridgehead atoms. The van der Waals surface area contributed by atoms with Crippen LogP contribution in [0, 0.1) is 0 Å². The van der Waals surface area contributed by atoms with E-state index < -0.39 is 6.04 Å². The third-order valence-corrected chi connectivity index (χ3v) is 3.40. The van der Waals surface area contributed by atoms with Crippen molar-refractivity contribution < 1.29 is 19.1 Å². The first-order valence-corrected chi connectivity index (χ1v) is 7.43. The van der Waals surface area contributed by atoms with Crippen LogP contribution >= 0.6 is 0 Å². The first-order valence-electron chi connectivity index (χ1n) is 7.43. The first-order chi connectivity index (χ1) is 11.5. The van der Waals surface area contributed by atoms with Gasteiger partial charge in [-0.1, -0.05) is 18.2 Å². The van der Waals surface area contributed by atoms with Gasteiger partial charge in [0.2, 0.25) is 5.91 Å². The van der Waals surface area contributed by atoms with Crippen LogP contribution in [-0.4, -0.2) is 32.1 Å². The summed E-state index contributed by atoms with van der Waals surface area (Å²) in [4.78, 5) is 24.4. The molecule has 126 valence electrons. The molecule has 2 aromatic rings. The van der Waals surface area contributed by atoms with Crippen LogP contribution in [0.1, 0.15) is 17.3 Å². The summed E-state index contributed by atoms with van der Waals surface area (Å²) >= 11 is 0. The molecule has 2 N–H and O–H groups in total. The molecule has 0 saturated carbocycles. The smallest absolute Gasteiger partial charge is 0.251 e. The van der Waals surface area contributed by atoms with Crippen LogP contribution in [0.4, 0.5) is 5.69 Å². The molecule has 0 aliphatic rings. The number of nitrogens with one attached hydrogen (secondary N) is 2. The van der Waals surface area contributed by atoms with Gasteiger partial charge in [0.25, 0.3) is 5.91 Å².